The summed E-state index contributed by atoms with van der Waals surface area (Å²) in [6, 6.07) is 10.8. The first-order chi connectivity index (χ1) is 13.1. The lowest BCUT2D eigenvalue weighted by Crippen LogP contribution is -2.24. The van der Waals surface area contributed by atoms with Crippen molar-refractivity contribution in [3.8, 4) is 23.0 Å². The second-order valence-electron chi connectivity index (χ2n) is 5.46. The Balaban J connectivity index is 1.99. The number of nitrogens with zero attached hydrogens (tertiary/aromatic N) is 1. The predicted octanol–water partition coefficient (Wildman–Crippen LogP) is 2.80. The highest BCUT2D eigenvalue weighted by molar-refractivity contribution is 5.86. The molecule has 0 aliphatic carbocycles. The van der Waals surface area contributed by atoms with Gasteiger partial charge in [0, 0.05) is 11.1 Å². The van der Waals surface area contributed by atoms with E-state index in [1.54, 1.807) is 39.5 Å². The molecule has 0 atom stereocenters. The Hall–Kier alpha value is -3.22. The molecule has 144 valence electrons. The van der Waals surface area contributed by atoms with Gasteiger partial charge >= 0.3 is 0 Å². The zero-order chi connectivity index (χ0) is 19.6. The molecule has 2 rings (SSSR count). The zero-order valence-corrected chi connectivity index (χ0v) is 15.9. The van der Waals surface area contributed by atoms with E-state index in [9.17, 15) is 4.79 Å². The summed E-state index contributed by atoms with van der Waals surface area (Å²) in [4.78, 5) is 11.9. The van der Waals surface area contributed by atoms with Gasteiger partial charge in [0.1, 0.15) is 11.5 Å². The molecule has 1 N–H and O–H groups in total. The SMILES string of the molecule is CCc1c(OC)ccc(/C=N/NC(=O)COc2ccccc2OC)c1OC. The first kappa shape index (κ1) is 20.1. The summed E-state index contributed by atoms with van der Waals surface area (Å²) in [7, 11) is 4.74. The van der Waals surface area contributed by atoms with Gasteiger partial charge in [0.15, 0.2) is 18.1 Å². The molecule has 7 heteroatoms. The molecule has 0 aromatic heterocycles. The molecule has 0 heterocycles. The molecule has 1 amide bonds. The number of nitrogens with one attached hydrogen (secondary N) is 1. The monoisotopic (exact) mass is 372 g/mol. The van der Waals surface area contributed by atoms with Crippen molar-refractivity contribution in [3.05, 3.63) is 47.5 Å². The van der Waals surface area contributed by atoms with Gasteiger partial charge in [-0.25, -0.2) is 5.43 Å². The lowest BCUT2D eigenvalue weighted by atomic mass is 10.1. The van der Waals surface area contributed by atoms with Crippen molar-refractivity contribution in [1.82, 2.24) is 5.43 Å². The van der Waals surface area contributed by atoms with Gasteiger partial charge in [-0.15, -0.1) is 0 Å². The van der Waals surface area contributed by atoms with Crippen LogP contribution in [0.4, 0.5) is 0 Å². The minimum Gasteiger partial charge on any atom is -0.496 e. The Kier molecular flexibility index (Phi) is 7.49. The van der Waals surface area contributed by atoms with E-state index in [1.807, 2.05) is 25.1 Å². The van der Waals surface area contributed by atoms with Crippen LogP contribution < -0.4 is 24.4 Å². The Bertz CT molecular complexity index is 805. The number of ether oxygens (including phenoxy) is 4. The van der Waals surface area contributed by atoms with Crippen LogP contribution in [0, 0.1) is 0 Å². The van der Waals surface area contributed by atoms with E-state index >= 15 is 0 Å². The summed E-state index contributed by atoms with van der Waals surface area (Å²) in [5.74, 6) is 2.08. The number of para-hydroxylation sites is 2. The summed E-state index contributed by atoms with van der Waals surface area (Å²) in [5.41, 5.74) is 4.11. The normalized spacial score (nSPS) is 10.5. The predicted molar refractivity (Wildman–Crippen MR) is 103 cm³/mol. The fourth-order valence-electron chi connectivity index (χ4n) is 2.58. The standard InChI is InChI=1S/C20H24N2O5/c1-5-15-16(24-2)11-10-14(20(15)26-4)12-21-22-19(23)13-27-18-9-7-6-8-17(18)25-3/h6-12H,5,13H2,1-4H3,(H,22,23)/b21-12+. The Morgan fingerprint density at radius 1 is 1.00 bits per heavy atom. The Morgan fingerprint density at radius 2 is 1.70 bits per heavy atom. The molecule has 2 aromatic rings. The van der Waals surface area contributed by atoms with Gasteiger partial charge in [0.05, 0.1) is 27.5 Å². The maximum atomic E-state index is 11.9. The quantitative estimate of drug-likeness (QED) is 0.541. The van der Waals surface area contributed by atoms with Crippen LogP contribution >= 0.6 is 0 Å². The highest BCUT2D eigenvalue weighted by atomic mass is 16.5. The molecule has 0 saturated carbocycles. The van der Waals surface area contributed by atoms with Gasteiger partial charge in [-0.3, -0.25) is 4.79 Å². The van der Waals surface area contributed by atoms with Crippen molar-refractivity contribution in [3.63, 3.8) is 0 Å². The molecule has 0 aliphatic heterocycles. The Morgan fingerprint density at radius 3 is 2.33 bits per heavy atom. The second kappa shape index (κ2) is 10.1. The average Bonchev–Trinajstić information content (AvgIpc) is 2.71. The highest BCUT2D eigenvalue weighted by Gasteiger charge is 2.12. The topological polar surface area (TPSA) is 78.4 Å². The van der Waals surface area contributed by atoms with Crippen LogP contribution in [0.1, 0.15) is 18.1 Å². The van der Waals surface area contributed by atoms with E-state index in [0.29, 0.717) is 17.2 Å². The first-order valence-corrected chi connectivity index (χ1v) is 8.46. The van der Waals surface area contributed by atoms with E-state index in [2.05, 4.69) is 10.5 Å². The molecule has 0 fully saturated rings. The molecule has 0 bridgehead atoms. The largest absolute Gasteiger partial charge is 0.496 e. The number of hydrazone groups is 1. The van der Waals surface area contributed by atoms with Crippen LogP contribution in [0.2, 0.25) is 0 Å². The minimum atomic E-state index is -0.389. The van der Waals surface area contributed by atoms with Gasteiger partial charge in [-0.1, -0.05) is 19.1 Å². The number of amides is 1. The van der Waals surface area contributed by atoms with Gasteiger partial charge in [0.2, 0.25) is 0 Å². The lowest BCUT2D eigenvalue weighted by Gasteiger charge is -2.14. The van der Waals surface area contributed by atoms with Crippen molar-refractivity contribution >= 4 is 12.1 Å². The molecule has 0 saturated heterocycles. The van der Waals surface area contributed by atoms with Crippen LogP contribution in [0.3, 0.4) is 0 Å². The molecule has 7 nitrogen and oxygen atoms in total. The van der Waals surface area contributed by atoms with Gasteiger partial charge in [-0.2, -0.15) is 5.10 Å². The maximum Gasteiger partial charge on any atom is 0.277 e. The van der Waals surface area contributed by atoms with Crippen molar-refractivity contribution in [1.29, 1.82) is 0 Å². The minimum absolute atomic E-state index is 0.183. The summed E-state index contributed by atoms with van der Waals surface area (Å²) in [6.07, 6.45) is 2.27. The van der Waals surface area contributed by atoms with E-state index in [1.165, 1.54) is 6.21 Å². The second-order valence-corrected chi connectivity index (χ2v) is 5.46. The number of carbonyl (C=O) groups excluding carboxylic acids is 1. The fraction of sp³-hybridized carbons (Fsp3) is 0.300. The molecular weight excluding hydrogens is 348 g/mol. The smallest absolute Gasteiger partial charge is 0.277 e. The maximum absolute atomic E-state index is 11.9. The van der Waals surface area contributed by atoms with Crippen LogP contribution in [-0.4, -0.2) is 40.1 Å². The van der Waals surface area contributed by atoms with Gasteiger partial charge in [-0.05, 0) is 30.7 Å². The van der Waals surface area contributed by atoms with E-state index < -0.39 is 0 Å². The van der Waals surface area contributed by atoms with E-state index in [-0.39, 0.29) is 12.5 Å². The molecular formula is C20H24N2O5. The fourth-order valence-corrected chi connectivity index (χ4v) is 2.58. The van der Waals surface area contributed by atoms with Crippen molar-refractivity contribution < 1.29 is 23.7 Å². The van der Waals surface area contributed by atoms with E-state index in [4.69, 9.17) is 18.9 Å². The molecule has 0 aliphatic rings. The summed E-state index contributed by atoms with van der Waals surface area (Å²) < 4.78 is 21.4. The third kappa shape index (κ3) is 5.13. The first-order valence-electron chi connectivity index (χ1n) is 8.46. The molecule has 0 radical (unpaired) electrons. The van der Waals surface area contributed by atoms with Crippen LogP contribution in [0.15, 0.2) is 41.5 Å². The lowest BCUT2D eigenvalue weighted by molar-refractivity contribution is -0.123. The number of benzene rings is 2. The van der Waals surface area contributed by atoms with Gasteiger partial charge in [0.25, 0.3) is 5.91 Å². The third-order valence-electron chi connectivity index (χ3n) is 3.85. The number of hydrogen-bond acceptors (Lipinski definition) is 6. The van der Waals surface area contributed by atoms with Crippen LogP contribution in [0.5, 0.6) is 23.0 Å². The molecule has 27 heavy (non-hydrogen) atoms. The summed E-state index contributed by atoms with van der Waals surface area (Å²) in [6.45, 7) is 1.83. The van der Waals surface area contributed by atoms with Crippen molar-refractivity contribution in [2.45, 2.75) is 13.3 Å². The summed E-state index contributed by atoms with van der Waals surface area (Å²) in [5, 5.41) is 3.98. The number of rotatable bonds is 9. The Labute approximate surface area is 158 Å². The van der Waals surface area contributed by atoms with Crippen LogP contribution in [0.25, 0.3) is 0 Å². The summed E-state index contributed by atoms with van der Waals surface area (Å²) >= 11 is 0. The highest BCUT2D eigenvalue weighted by Crippen LogP contribution is 2.31. The number of hydrogen-bond donors (Lipinski definition) is 1. The third-order valence-corrected chi connectivity index (χ3v) is 3.85. The molecule has 2 aromatic carbocycles. The van der Waals surface area contributed by atoms with Crippen molar-refractivity contribution in [2.24, 2.45) is 5.10 Å². The van der Waals surface area contributed by atoms with Crippen LogP contribution in [-0.2, 0) is 11.2 Å². The van der Waals surface area contributed by atoms with E-state index in [0.717, 1.165) is 23.3 Å². The number of carbonyl (C=O) groups is 1. The van der Waals surface area contributed by atoms with Crippen molar-refractivity contribution in [2.75, 3.05) is 27.9 Å². The molecule has 0 spiro atoms. The molecule has 0 unspecified atom stereocenters. The number of methoxy groups -OCH3 is 3. The zero-order valence-electron chi connectivity index (χ0n) is 15.9. The average molecular weight is 372 g/mol. The van der Waals surface area contributed by atoms with Gasteiger partial charge < -0.3 is 18.9 Å².